The Kier molecular flexibility index (Phi) is 5.82. The van der Waals surface area contributed by atoms with Crippen molar-refractivity contribution in [3.63, 3.8) is 0 Å². The van der Waals surface area contributed by atoms with Crippen molar-refractivity contribution in [3.8, 4) is 5.75 Å². The SMILES string of the molecule is CCc1ccc(OCCNS(=O)(=O)c2ccc3c(c2)CCN3C(C)=O)cc1. The van der Waals surface area contributed by atoms with Crippen LogP contribution in [0.15, 0.2) is 47.4 Å². The maximum Gasteiger partial charge on any atom is 0.240 e. The van der Waals surface area contributed by atoms with Crippen molar-refractivity contribution in [3.05, 3.63) is 53.6 Å². The number of carbonyl (C=O) groups excluding carboxylic acids is 1. The van der Waals surface area contributed by atoms with Gasteiger partial charge in [0.2, 0.25) is 15.9 Å². The van der Waals surface area contributed by atoms with E-state index in [1.54, 1.807) is 17.0 Å². The molecule has 0 saturated heterocycles. The highest BCUT2D eigenvalue weighted by Crippen LogP contribution is 2.30. The van der Waals surface area contributed by atoms with Crippen LogP contribution in [-0.4, -0.2) is 34.0 Å². The fraction of sp³-hybridized carbons (Fsp3) is 0.350. The number of ether oxygens (including phenoxy) is 1. The van der Waals surface area contributed by atoms with Crippen molar-refractivity contribution in [2.75, 3.05) is 24.6 Å². The lowest BCUT2D eigenvalue weighted by atomic mass is 10.2. The molecule has 3 rings (SSSR count). The molecule has 0 spiro atoms. The van der Waals surface area contributed by atoms with Crippen molar-refractivity contribution in [2.24, 2.45) is 0 Å². The summed E-state index contributed by atoms with van der Waals surface area (Å²) in [6.07, 6.45) is 1.63. The van der Waals surface area contributed by atoms with Gasteiger partial charge in [0.15, 0.2) is 0 Å². The molecule has 1 aliphatic heterocycles. The van der Waals surface area contributed by atoms with Gasteiger partial charge in [0.05, 0.1) is 4.90 Å². The van der Waals surface area contributed by atoms with Gasteiger partial charge in [-0.15, -0.1) is 0 Å². The highest BCUT2D eigenvalue weighted by molar-refractivity contribution is 7.89. The third kappa shape index (κ3) is 4.48. The topological polar surface area (TPSA) is 75.7 Å². The predicted molar refractivity (Wildman–Crippen MR) is 105 cm³/mol. The number of aryl methyl sites for hydroxylation is 1. The van der Waals surface area contributed by atoms with E-state index < -0.39 is 10.0 Å². The molecule has 0 unspecified atom stereocenters. The van der Waals surface area contributed by atoms with Gasteiger partial charge < -0.3 is 9.64 Å². The maximum atomic E-state index is 12.5. The second kappa shape index (κ2) is 8.10. The summed E-state index contributed by atoms with van der Waals surface area (Å²) in [7, 11) is -3.62. The van der Waals surface area contributed by atoms with Crippen molar-refractivity contribution in [2.45, 2.75) is 31.6 Å². The number of rotatable bonds is 7. The van der Waals surface area contributed by atoms with E-state index in [2.05, 4.69) is 11.6 Å². The Balaban J connectivity index is 1.58. The smallest absolute Gasteiger partial charge is 0.240 e. The summed E-state index contributed by atoms with van der Waals surface area (Å²) < 4.78 is 33.1. The molecular formula is C20H24N2O4S. The van der Waals surface area contributed by atoms with Crippen LogP contribution >= 0.6 is 0 Å². The van der Waals surface area contributed by atoms with Gasteiger partial charge in [-0.3, -0.25) is 4.79 Å². The van der Waals surface area contributed by atoms with E-state index in [1.807, 2.05) is 24.3 Å². The minimum absolute atomic E-state index is 0.0356. The zero-order valence-electron chi connectivity index (χ0n) is 15.6. The summed E-state index contributed by atoms with van der Waals surface area (Å²) in [6.45, 7) is 4.60. The van der Waals surface area contributed by atoms with E-state index in [1.165, 1.54) is 18.6 Å². The van der Waals surface area contributed by atoms with Gasteiger partial charge in [-0.2, -0.15) is 0 Å². The first-order valence-electron chi connectivity index (χ1n) is 9.03. The molecule has 144 valence electrons. The molecule has 27 heavy (non-hydrogen) atoms. The standard InChI is InChI=1S/C20H24N2O4S/c1-3-16-4-6-18(7-5-16)26-13-11-21-27(24,25)19-8-9-20-17(14-19)10-12-22(20)15(2)23/h4-9,14,21H,3,10-13H2,1-2H3. The summed E-state index contributed by atoms with van der Waals surface area (Å²) >= 11 is 0. The zero-order chi connectivity index (χ0) is 19.4. The third-order valence-corrected chi connectivity index (χ3v) is 6.09. The minimum Gasteiger partial charge on any atom is -0.492 e. The number of carbonyl (C=O) groups is 1. The Morgan fingerprint density at radius 1 is 1.19 bits per heavy atom. The molecule has 1 N–H and O–H groups in total. The Hall–Kier alpha value is -2.38. The van der Waals surface area contributed by atoms with Gasteiger partial charge in [-0.05, 0) is 54.3 Å². The molecule has 7 heteroatoms. The Labute approximate surface area is 160 Å². The van der Waals surface area contributed by atoms with Gasteiger partial charge in [-0.25, -0.2) is 13.1 Å². The quantitative estimate of drug-likeness (QED) is 0.740. The van der Waals surface area contributed by atoms with Crippen LogP contribution in [0.1, 0.15) is 25.0 Å². The summed E-state index contributed by atoms with van der Waals surface area (Å²) in [4.78, 5) is 13.5. The number of hydrogen-bond donors (Lipinski definition) is 1. The number of anilines is 1. The van der Waals surface area contributed by atoms with Crippen LogP contribution in [0.5, 0.6) is 5.75 Å². The molecule has 2 aromatic carbocycles. The third-order valence-electron chi connectivity index (χ3n) is 4.63. The lowest BCUT2D eigenvalue weighted by Crippen LogP contribution is -2.28. The first-order chi connectivity index (χ1) is 12.9. The Morgan fingerprint density at radius 3 is 2.59 bits per heavy atom. The van der Waals surface area contributed by atoms with E-state index in [0.717, 1.165) is 17.7 Å². The van der Waals surface area contributed by atoms with E-state index in [9.17, 15) is 13.2 Å². The second-order valence-corrected chi connectivity index (χ2v) is 8.22. The summed E-state index contributed by atoms with van der Waals surface area (Å²) in [5.74, 6) is 0.680. The normalized spacial score (nSPS) is 13.5. The summed E-state index contributed by atoms with van der Waals surface area (Å²) in [5, 5.41) is 0. The van der Waals surface area contributed by atoms with Gasteiger partial charge >= 0.3 is 0 Å². The average Bonchev–Trinajstić information content (AvgIpc) is 3.09. The fourth-order valence-corrected chi connectivity index (χ4v) is 4.19. The lowest BCUT2D eigenvalue weighted by molar-refractivity contribution is -0.116. The number of hydrogen-bond acceptors (Lipinski definition) is 4. The minimum atomic E-state index is -3.62. The Bertz CT molecular complexity index is 923. The first-order valence-corrected chi connectivity index (χ1v) is 10.5. The number of nitrogens with zero attached hydrogens (tertiary/aromatic N) is 1. The second-order valence-electron chi connectivity index (χ2n) is 6.45. The van der Waals surface area contributed by atoms with E-state index in [0.29, 0.717) is 18.7 Å². The largest absolute Gasteiger partial charge is 0.492 e. The first kappa shape index (κ1) is 19.4. The van der Waals surface area contributed by atoms with Crippen LogP contribution in [-0.2, 0) is 27.7 Å². The molecule has 0 aliphatic carbocycles. The van der Waals surface area contributed by atoms with Crippen LogP contribution in [0.3, 0.4) is 0 Å². The highest BCUT2D eigenvalue weighted by Gasteiger charge is 2.24. The van der Waals surface area contributed by atoms with E-state index in [-0.39, 0.29) is 24.0 Å². The molecule has 6 nitrogen and oxygen atoms in total. The highest BCUT2D eigenvalue weighted by atomic mass is 32.2. The van der Waals surface area contributed by atoms with Crippen LogP contribution in [0.4, 0.5) is 5.69 Å². The van der Waals surface area contributed by atoms with Gasteiger partial charge in [0.25, 0.3) is 0 Å². The van der Waals surface area contributed by atoms with E-state index >= 15 is 0 Å². The van der Waals surface area contributed by atoms with Crippen LogP contribution in [0.25, 0.3) is 0 Å². The molecule has 0 fully saturated rings. The number of nitrogens with one attached hydrogen (secondary N) is 1. The molecule has 1 heterocycles. The number of amides is 1. The van der Waals surface area contributed by atoms with Crippen LogP contribution in [0, 0.1) is 0 Å². The molecule has 0 saturated carbocycles. The molecule has 1 amide bonds. The van der Waals surface area contributed by atoms with Crippen molar-refractivity contribution in [1.82, 2.24) is 4.72 Å². The summed E-state index contributed by atoms with van der Waals surface area (Å²) in [6, 6.07) is 12.6. The molecule has 2 aromatic rings. The Morgan fingerprint density at radius 2 is 1.93 bits per heavy atom. The number of sulfonamides is 1. The molecular weight excluding hydrogens is 364 g/mol. The average molecular weight is 388 g/mol. The lowest BCUT2D eigenvalue weighted by Gasteiger charge is -2.15. The number of benzene rings is 2. The van der Waals surface area contributed by atoms with Crippen molar-refractivity contribution in [1.29, 1.82) is 0 Å². The monoisotopic (exact) mass is 388 g/mol. The maximum absolute atomic E-state index is 12.5. The number of fused-ring (bicyclic) bond motifs is 1. The fourth-order valence-electron chi connectivity index (χ4n) is 3.12. The molecule has 0 bridgehead atoms. The molecule has 0 atom stereocenters. The van der Waals surface area contributed by atoms with Crippen molar-refractivity contribution >= 4 is 21.6 Å². The molecule has 1 aliphatic rings. The molecule has 0 radical (unpaired) electrons. The molecule has 0 aromatic heterocycles. The van der Waals surface area contributed by atoms with Gasteiger partial charge in [0, 0.05) is 25.7 Å². The van der Waals surface area contributed by atoms with Crippen LogP contribution in [0.2, 0.25) is 0 Å². The van der Waals surface area contributed by atoms with Crippen LogP contribution < -0.4 is 14.4 Å². The van der Waals surface area contributed by atoms with Gasteiger partial charge in [0.1, 0.15) is 12.4 Å². The zero-order valence-corrected chi connectivity index (χ0v) is 16.4. The van der Waals surface area contributed by atoms with Gasteiger partial charge in [-0.1, -0.05) is 19.1 Å². The van der Waals surface area contributed by atoms with E-state index in [4.69, 9.17) is 4.74 Å². The van der Waals surface area contributed by atoms with Crippen molar-refractivity contribution < 1.29 is 17.9 Å². The summed E-state index contributed by atoms with van der Waals surface area (Å²) in [5.41, 5.74) is 2.89. The predicted octanol–water partition coefficient (Wildman–Crippen LogP) is 2.52.